The van der Waals surface area contributed by atoms with Crippen LogP contribution in [0.2, 0.25) is 5.02 Å². The number of thioether (sulfide) groups is 1. The largest absolute Gasteiger partial charge is 0.369 e. The average molecular weight is 313 g/mol. The van der Waals surface area contributed by atoms with Crippen molar-refractivity contribution in [1.82, 2.24) is 5.32 Å². The van der Waals surface area contributed by atoms with Gasteiger partial charge in [-0.2, -0.15) is 11.8 Å². The molecule has 1 aliphatic heterocycles. The second kappa shape index (κ2) is 7.58. The number of nitrogens with zero attached hydrogens (tertiary/aromatic N) is 1. The summed E-state index contributed by atoms with van der Waals surface area (Å²) in [7, 11) is 0. The van der Waals surface area contributed by atoms with Crippen LogP contribution < -0.4 is 10.2 Å². The first-order valence-electron chi connectivity index (χ1n) is 7.48. The van der Waals surface area contributed by atoms with Gasteiger partial charge in [-0.25, -0.2) is 0 Å². The molecular weight excluding hydrogens is 288 g/mol. The molecule has 0 bridgehead atoms. The van der Waals surface area contributed by atoms with E-state index in [1.54, 1.807) is 0 Å². The normalized spacial score (nSPS) is 19.6. The van der Waals surface area contributed by atoms with Crippen molar-refractivity contribution in [3.63, 3.8) is 0 Å². The Hall–Kier alpha value is -0.380. The number of halogens is 1. The number of nitrogens with one attached hydrogen (secondary N) is 1. The molecule has 1 aromatic rings. The fourth-order valence-corrected chi connectivity index (χ4v) is 3.83. The molecule has 1 N–H and O–H groups in total. The molecule has 1 fully saturated rings. The monoisotopic (exact) mass is 312 g/mol. The Kier molecular flexibility index (Phi) is 6.06. The lowest BCUT2D eigenvalue weighted by molar-refractivity contribution is 0.587. The Morgan fingerprint density at radius 2 is 2.25 bits per heavy atom. The SMILES string of the molecule is CCC1CN(c2cc(Cl)ccc2CNC(C)C)CCS1. The van der Waals surface area contributed by atoms with E-state index >= 15 is 0 Å². The van der Waals surface area contributed by atoms with Crippen LogP contribution >= 0.6 is 23.4 Å². The summed E-state index contributed by atoms with van der Waals surface area (Å²) < 4.78 is 0. The van der Waals surface area contributed by atoms with Crippen molar-refractivity contribution in [2.75, 3.05) is 23.7 Å². The first kappa shape index (κ1) is 16.0. The lowest BCUT2D eigenvalue weighted by Crippen LogP contribution is -2.38. The third kappa shape index (κ3) is 4.31. The molecule has 1 aromatic carbocycles. The molecule has 2 rings (SSSR count). The molecule has 112 valence electrons. The van der Waals surface area contributed by atoms with Crippen LogP contribution in [0.25, 0.3) is 0 Å². The summed E-state index contributed by atoms with van der Waals surface area (Å²) in [6.45, 7) is 9.80. The summed E-state index contributed by atoms with van der Waals surface area (Å²) in [6.07, 6.45) is 1.24. The van der Waals surface area contributed by atoms with Gasteiger partial charge >= 0.3 is 0 Å². The zero-order chi connectivity index (χ0) is 14.5. The molecule has 2 nitrogen and oxygen atoms in total. The molecule has 4 heteroatoms. The van der Waals surface area contributed by atoms with E-state index in [1.807, 2.05) is 6.07 Å². The minimum Gasteiger partial charge on any atom is -0.369 e. The molecule has 1 heterocycles. The van der Waals surface area contributed by atoms with Crippen LogP contribution in [-0.4, -0.2) is 30.1 Å². The minimum atomic E-state index is 0.499. The molecule has 20 heavy (non-hydrogen) atoms. The third-order valence-corrected chi connectivity index (χ3v) is 5.29. The van der Waals surface area contributed by atoms with E-state index in [9.17, 15) is 0 Å². The summed E-state index contributed by atoms with van der Waals surface area (Å²) >= 11 is 8.32. The van der Waals surface area contributed by atoms with Crippen LogP contribution in [0.4, 0.5) is 5.69 Å². The summed E-state index contributed by atoms with van der Waals surface area (Å²) in [5, 5.41) is 5.09. The van der Waals surface area contributed by atoms with E-state index in [0.717, 1.165) is 29.9 Å². The molecule has 0 aliphatic carbocycles. The molecule has 0 amide bonds. The summed E-state index contributed by atoms with van der Waals surface area (Å²) in [5.41, 5.74) is 2.66. The molecule has 1 atom stereocenters. The van der Waals surface area contributed by atoms with Gasteiger partial charge in [0.2, 0.25) is 0 Å². The van der Waals surface area contributed by atoms with E-state index in [-0.39, 0.29) is 0 Å². The van der Waals surface area contributed by atoms with E-state index in [2.05, 4.69) is 54.9 Å². The second-order valence-electron chi connectivity index (χ2n) is 5.66. The third-order valence-electron chi connectivity index (χ3n) is 3.68. The standard InChI is InChI=1S/C16H25ClN2S/c1-4-15-11-19(7-8-20-15)16-9-14(17)6-5-13(16)10-18-12(2)3/h5-6,9,12,15,18H,4,7-8,10-11H2,1-3H3. The quantitative estimate of drug-likeness (QED) is 0.878. The Morgan fingerprint density at radius 1 is 1.45 bits per heavy atom. The van der Waals surface area contributed by atoms with E-state index in [1.165, 1.54) is 23.4 Å². The van der Waals surface area contributed by atoms with E-state index in [4.69, 9.17) is 11.6 Å². The zero-order valence-electron chi connectivity index (χ0n) is 12.7. The van der Waals surface area contributed by atoms with E-state index < -0.39 is 0 Å². The number of benzene rings is 1. The van der Waals surface area contributed by atoms with Gasteiger partial charge in [0.15, 0.2) is 0 Å². The van der Waals surface area contributed by atoms with Crippen LogP contribution in [0, 0.1) is 0 Å². The number of hydrogen-bond donors (Lipinski definition) is 1. The maximum absolute atomic E-state index is 6.22. The lowest BCUT2D eigenvalue weighted by Gasteiger charge is -2.35. The summed E-state index contributed by atoms with van der Waals surface area (Å²) in [6, 6.07) is 6.79. The van der Waals surface area contributed by atoms with Crippen LogP contribution in [0.1, 0.15) is 32.8 Å². The van der Waals surface area contributed by atoms with Gasteiger partial charge in [-0.05, 0) is 24.1 Å². The first-order valence-corrected chi connectivity index (χ1v) is 8.91. The molecule has 0 radical (unpaired) electrons. The van der Waals surface area contributed by atoms with E-state index in [0.29, 0.717) is 6.04 Å². The fraction of sp³-hybridized carbons (Fsp3) is 0.625. The van der Waals surface area contributed by atoms with Gasteiger partial charge in [-0.15, -0.1) is 0 Å². The van der Waals surface area contributed by atoms with Crippen LogP contribution in [-0.2, 0) is 6.54 Å². The van der Waals surface area contributed by atoms with Gasteiger partial charge in [0.1, 0.15) is 0 Å². The van der Waals surface area contributed by atoms with Gasteiger partial charge in [0.05, 0.1) is 0 Å². The van der Waals surface area contributed by atoms with Crippen molar-refractivity contribution in [2.24, 2.45) is 0 Å². The maximum Gasteiger partial charge on any atom is 0.0427 e. The van der Waals surface area contributed by atoms with Crippen LogP contribution in [0.15, 0.2) is 18.2 Å². The molecule has 1 unspecified atom stereocenters. The highest BCUT2D eigenvalue weighted by atomic mass is 35.5. The topological polar surface area (TPSA) is 15.3 Å². The molecule has 0 spiro atoms. The van der Waals surface area contributed by atoms with Crippen molar-refractivity contribution in [1.29, 1.82) is 0 Å². The van der Waals surface area contributed by atoms with Crippen molar-refractivity contribution in [3.8, 4) is 0 Å². The van der Waals surface area contributed by atoms with Crippen molar-refractivity contribution < 1.29 is 0 Å². The van der Waals surface area contributed by atoms with Crippen molar-refractivity contribution in [3.05, 3.63) is 28.8 Å². The number of anilines is 1. The fourth-order valence-electron chi connectivity index (χ4n) is 2.48. The molecule has 0 saturated carbocycles. The molecule has 0 aromatic heterocycles. The predicted molar refractivity (Wildman–Crippen MR) is 92.2 cm³/mol. The highest BCUT2D eigenvalue weighted by Crippen LogP contribution is 2.30. The van der Waals surface area contributed by atoms with Crippen molar-refractivity contribution in [2.45, 2.75) is 45.0 Å². The minimum absolute atomic E-state index is 0.499. The molecule has 1 saturated heterocycles. The van der Waals surface area contributed by atoms with Gasteiger partial charge in [-0.1, -0.05) is 38.4 Å². The van der Waals surface area contributed by atoms with Crippen LogP contribution in [0.3, 0.4) is 0 Å². The first-order chi connectivity index (χ1) is 9.60. The van der Waals surface area contributed by atoms with Gasteiger partial charge in [0, 0.05) is 47.4 Å². The summed E-state index contributed by atoms with van der Waals surface area (Å²) in [4.78, 5) is 2.51. The average Bonchev–Trinajstić information content (AvgIpc) is 2.46. The van der Waals surface area contributed by atoms with Crippen molar-refractivity contribution >= 4 is 29.1 Å². The van der Waals surface area contributed by atoms with Gasteiger partial charge in [0.25, 0.3) is 0 Å². The highest BCUT2D eigenvalue weighted by molar-refractivity contribution is 8.00. The lowest BCUT2D eigenvalue weighted by atomic mass is 10.1. The molecular formula is C16H25ClN2S. The molecule has 1 aliphatic rings. The smallest absolute Gasteiger partial charge is 0.0427 e. The predicted octanol–water partition coefficient (Wildman–Crippen LogP) is 4.17. The highest BCUT2D eigenvalue weighted by Gasteiger charge is 2.21. The Bertz CT molecular complexity index is 436. The second-order valence-corrected chi connectivity index (χ2v) is 7.50. The zero-order valence-corrected chi connectivity index (χ0v) is 14.2. The Morgan fingerprint density at radius 3 is 2.95 bits per heavy atom. The Balaban J connectivity index is 2.17. The Labute approximate surface area is 132 Å². The van der Waals surface area contributed by atoms with Crippen LogP contribution in [0.5, 0.6) is 0 Å². The summed E-state index contributed by atoms with van der Waals surface area (Å²) in [5.74, 6) is 1.21. The van der Waals surface area contributed by atoms with Gasteiger partial charge in [-0.3, -0.25) is 0 Å². The maximum atomic E-state index is 6.22. The number of rotatable bonds is 5. The number of hydrogen-bond acceptors (Lipinski definition) is 3. The van der Waals surface area contributed by atoms with Gasteiger partial charge < -0.3 is 10.2 Å².